The zero-order valence-corrected chi connectivity index (χ0v) is 16.1. The molecule has 0 unspecified atom stereocenters. The van der Waals surface area contributed by atoms with E-state index in [0.29, 0.717) is 11.4 Å². The van der Waals surface area contributed by atoms with Gasteiger partial charge in [0.25, 0.3) is 5.91 Å². The van der Waals surface area contributed by atoms with Crippen molar-refractivity contribution in [2.45, 2.75) is 26.4 Å². The molecule has 1 aliphatic rings. The summed E-state index contributed by atoms with van der Waals surface area (Å²) in [4.78, 5) is 40.0. The quantitative estimate of drug-likeness (QED) is 0.780. The van der Waals surface area contributed by atoms with Crippen molar-refractivity contribution in [3.63, 3.8) is 0 Å². The highest BCUT2D eigenvalue weighted by molar-refractivity contribution is 6.15. The van der Waals surface area contributed by atoms with Gasteiger partial charge in [-0.25, -0.2) is 4.79 Å². The number of amides is 4. The molecule has 1 saturated heterocycles. The first-order valence-electron chi connectivity index (χ1n) is 9.02. The molecular weight excluding hydrogens is 358 g/mol. The van der Waals surface area contributed by atoms with Gasteiger partial charge in [0.2, 0.25) is 5.91 Å². The number of carbonyl (C=O) groups is 3. The average Bonchev–Trinajstić information content (AvgIpc) is 2.91. The van der Waals surface area contributed by atoms with E-state index in [-0.39, 0.29) is 13.1 Å². The predicted octanol–water partition coefficient (Wildman–Crippen LogP) is 2.48. The lowest BCUT2D eigenvalue weighted by atomic mass is 10.2. The van der Waals surface area contributed by atoms with Crippen LogP contribution < -0.4 is 15.0 Å². The van der Waals surface area contributed by atoms with E-state index < -0.39 is 23.9 Å². The molecule has 3 rings (SSSR count). The normalized spacial score (nSPS) is 16.5. The summed E-state index contributed by atoms with van der Waals surface area (Å²) >= 11 is 0. The maximum absolute atomic E-state index is 12.8. The lowest BCUT2D eigenvalue weighted by Crippen LogP contribution is -2.41. The first kappa shape index (κ1) is 19.4. The largest absolute Gasteiger partial charge is 0.496 e. The molecule has 2 aromatic rings. The number of nitrogens with zero attached hydrogens (tertiary/aromatic N) is 2. The van der Waals surface area contributed by atoms with Gasteiger partial charge in [0.15, 0.2) is 0 Å². The molecule has 7 heteroatoms. The molecule has 28 heavy (non-hydrogen) atoms. The zero-order valence-electron chi connectivity index (χ0n) is 16.1. The molecule has 0 spiro atoms. The van der Waals surface area contributed by atoms with Gasteiger partial charge in [-0.2, -0.15) is 0 Å². The van der Waals surface area contributed by atoms with Gasteiger partial charge in [0.05, 0.1) is 7.11 Å². The van der Waals surface area contributed by atoms with Crippen LogP contribution in [0.25, 0.3) is 0 Å². The van der Waals surface area contributed by atoms with E-state index in [4.69, 9.17) is 4.74 Å². The first-order chi connectivity index (χ1) is 13.4. The van der Waals surface area contributed by atoms with E-state index in [1.165, 1.54) is 4.90 Å². The summed E-state index contributed by atoms with van der Waals surface area (Å²) in [5, 5.41) is 2.74. The van der Waals surface area contributed by atoms with Crippen LogP contribution in [0.15, 0.2) is 48.5 Å². The maximum atomic E-state index is 12.8. The van der Waals surface area contributed by atoms with Gasteiger partial charge in [-0.3, -0.25) is 19.4 Å². The highest BCUT2D eigenvalue weighted by atomic mass is 16.5. The van der Waals surface area contributed by atoms with Crippen molar-refractivity contribution in [3.05, 3.63) is 59.7 Å². The van der Waals surface area contributed by atoms with Gasteiger partial charge in [-0.1, -0.05) is 35.9 Å². The van der Waals surface area contributed by atoms with Crippen LogP contribution in [0.4, 0.5) is 10.5 Å². The third kappa shape index (κ3) is 3.83. The number of urea groups is 1. The molecule has 0 bridgehead atoms. The lowest BCUT2D eigenvalue weighted by Gasteiger charge is -2.19. The van der Waals surface area contributed by atoms with Crippen molar-refractivity contribution in [2.75, 3.05) is 18.6 Å². The molecule has 0 aliphatic carbocycles. The molecule has 0 saturated carbocycles. The first-order valence-corrected chi connectivity index (χ1v) is 9.02. The summed E-state index contributed by atoms with van der Waals surface area (Å²) in [6.07, 6.45) is 0. The van der Waals surface area contributed by atoms with Crippen molar-refractivity contribution in [3.8, 4) is 5.75 Å². The number of hydrogen-bond acceptors (Lipinski definition) is 4. The zero-order chi connectivity index (χ0) is 20.3. The van der Waals surface area contributed by atoms with E-state index in [9.17, 15) is 14.4 Å². The molecule has 1 atom stereocenters. The Labute approximate surface area is 163 Å². The number of ether oxygens (including phenoxy) is 1. The van der Waals surface area contributed by atoms with Crippen molar-refractivity contribution in [2.24, 2.45) is 0 Å². The molecule has 4 amide bonds. The SMILES string of the molecule is COc1ccccc1CNC(=O)CN1C(=O)[C@H](C)N(c2ccc(C)cc2)C1=O. The minimum absolute atomic E-state index is 0.246. The van der Waals surface area contributed by atoms with Crippen LogP contribution in [0.2, 0.25) is 0 Å². The Hall–Kier alpha value is -3.35. The Balaban J connectivity index is 1.66. The number of nitrogens with one attached hydrogen (secondary N) is 1. The van der Waals surface area contributed by atoms with Crippen molar-refractivity contribution >= 4 is 23.5 Å². The Morgan fingerprint density at radius 2 is 1.79 bits per heavy atom. The minimum atomic E-state index is -0.655. The van der Waals surface area contributed by atoms with Gasteiger partial charge >= 0.3 is 6.03 Å². The number of aryl methyl sites for hydroxylation is 1. The molecule has 0 aromatic heterocycles. The van der Waals surface area contributed by atoms with Crippen LogP contribution in [-0.4, -0.2) is 42.4 Å². The van der Waals surface area contributed by atoms with Crippen LogP contribution in [-0.2, 0) is 16.1 Å². The van der Waals surface area contributed by atoms with E-state index in [2.05, 4.69) is 5.32 Å². The lowest BCUT2D eigenvalue weighted by molar-refractivity contribution is -0.131. The summed E-state index contributed by atoms with van der Waals surface area (Å²) in [5.41, 5.74) is 2.50. The molecule has 1 heterocycles. The van der Waals surface area contributed by atoms with Gasteiger partial charge in [0, 0.05) is 17.8 Å². The number of methoxy groups -OCH3 is 1. The molecule has 7 nitrogen and oxygen atoms in total. The summed E-state index contributed by atoms with van der Waals surface area (Å²) in [6, 6.07) is 13.5. The van der Waals surface area contributed by atoms with Crippen LogP contribution in [0.5, 0.6) is 5.75 Å². The molecule has 2 aromatic carbocycles. The fraction of sp³-hybridized carbons (Fsp3) is 0.286. The summed E-state index contributed by atoms with van der Waals surface area (Å²) in [7, 11) is 1.56. The predicted molar refractivity (Wildman–Crippen MR) is 105 cm³/mol. The number of imide groups is 1. The van der Waals surface area contributed by atoms with Crippen LogP contribution in [0, 0.1) is 6.92 Å². The number of benzene rings is 2. The second kappa shape index (κ2) is 8.12. The monoisotopic (exact) mass is 381 g/mol. The molecule has 1 aliphatic heterocycles. The van der Waals surface area contributed by atoms with E-state index in [1.807, 2.05) is 37.3 Å². The van der Waals surface area contributed by atoms with E-state index in [0.717, 1.165) is 16.0 Å². The van der Waals surface area contributed by atoms with Gasteiger partial charge in [0.1, 0.15) is 18.3 Å². The van der Waals surface area contributed by atoms with Gasteiger partial charge in [-0.05, 0) is 32.0 Å². The number of para-hydroxylation sites is 1. The minimum Gasteiger partial charge on any atom is -0.496 e. The van der Waals surface area contributed by atoms with Crippen LogP contribution in [0.1, 0.15) is 18.1 Å². The fourth-order valence-corrected chi connectivity index (χ4v) is 3.15. The highest BCUT2D eigenvalue weighted by Crippen LogP contribution is 2.26. The second-order valence-corrected chi connectivity index (χ2v) is 6.68. The number of hydrogen-bond donors (Lipinski definition) is 1. The van der Waals surface area contributed by atoms with Gasteiger partial charge < -0.3 is 10.1 Å². The molecule has 1 fully saturated rings. The number of anilines is 1. The Bertz CT molecular complexity index is 895. The third-order valence-corrected chi connectivity index (χ3v) is 4.73. The Kier molecular flexibility index (Phi) is 5.63. The molecule has 1 N–H and O–H groups in total. The van der Waals surface area contributed by atoms with E-state index >= 15 is 0 Å². The fourth-order valence-electron chi connectivity index (χ4n) is 3.15. The standard InChI is InChI=1S/C21H23N3O4/c1-14-8-10-17(11-9-14)24-15(2)20(26)23(21(24)27)13-19(25)22-12-16-6-4-5-7-18(16)28-3/h4-11,15H,12-13H2,1-3H3,(H,22,25)/t15-/m0/s1. The number of carbonyl (C=O) groups excluding carboxylic acids is 3. The third-order valence-electron chi connectivity index (χ3n) is 4.73. The Morgan fingerprint density at radius 1 is 1.11 bits per heavy atom. The van der Waals surface area contributed by atoms with Crippen molar-refractivity contribution in [1.29, 1.82) is 0 Å². The molecule has 0 radical (unpaired) electrons. The van der Waals surface area contributed by atoms with Crippen molar-refractivity contribution < 1.29 is 19.1 Å². The van der Waals surface area contributed by atoms with Crippen molar-refractivity contribution in [1.82, 2.24) is 10.2 Å². The van der Waals surface area contributed by atoms with Crippen LogP contribution in [0.3, 0.4) is 0 Å². The topological polar surface area (TPSA) is 79.0 Å². The summed E-state index contributed by atoms with van der Waals surface area (Å²) in [6.45, 7) is 3.53. The molecular formula is C21H23N3O4. The Morgan fingerprint density at radius 3 is 2.46 bits per heavy atom. The van der Waals surface area contributed by atoms with E-state index in [1.54, 1.807) is 32.2 Å². The maximum Gasteiger partial charge on any atom is 0.332 e. The summed E-state index contributed by atoms with van der Waals surface area (Å²) in [5.74, 6) is -0.140. The van der Waals surface area contributed by atoms with Gasteiger partial charge in [-0.15, -0.1) is 0 Å². The van der Waals surface area contributed by atoms with Crippen LogP contribution >= 0.6 is 0 Å². The average molecular weight is 381 g/mol. The molecule has 146 valence electrons. The smallest absolute Gasteiger partial charge is 0.332 e. The number of rotatable bonds is 6. The summed E-state index contributed by atoms with van der Waals surface area (Å²) < 4.78 is 5.25. The highest BCUT2D eigenvalue weighted by Gasteiger charge is 2.43. The second-order valence-electron chi connectivity index (χ2n) is 6.68.